The molecule has 2 aromatic carbocycles. The molecule has 0 N–H and O–H groups in total. The van der Waals surface area contributed by atoms with Crippen molar-refractivity contribution in [1.82, 2.24) is 9.97 Å². The molecule has 1 unspecified atom stereocenters. The summed E-state index contributed by atoms with van der Waals surface area (Å²) in [5.74, 6) is 1.25. The third-order valence-corrected chi connectivity index (χ3v) is 7.30. The van der Waals surface area contributed by atoms with Crippen LogP contribution in [0.3, 0.4) is 0 Å². The Bertz CT molecular complexity index is 1250. The summed E-state index contributed by atoms with van der Waals surface area (Å²) in [6, 6.07) is 18.3. The molecule has 35 heavy (non-hydrogen) atoms. The Morgan fingerprint density at radius 2 is 1.60 bits per heavy atom. The van der Waals surface area contributed by atoms with Crippen molar-refractivity contribution in [1.29, 1.82) is 0 Å². The minimum atomic E-state index is -4.24. The van der Waals surface area contributed by atoms with Gasteiger partial charge in [0.2, 0.25) is 0 Å². The number of anilines is 4. The molecule has 4 nitrogen and oxygen atoms in total. The van der Waals surface area contributed by atoms with Crippen molar-refractivity contribution in [2.24, 2.45) is 0 Å². The lowest BCUT2D eigenvalue weighted by Crippen LogP contribution is -2.39. The smallest absolute Gasteiger partial charge is 0.298 e. The van der Waals surface area contributed by atoms with Crippen molar-refractivity contribution >= 4 is 23.0 Å². The number of benzene rings is 2. The van der Waals surface area contributed by atoms with Crippen LogP contribution in [0.2, 0.25) is 0 Å². The van der Waals surface area contributed by atoms with E-state index in [-0.39, 0.29) is 18.0 Å². The van der Waals surface area contributed by atoms with Gasteiger partial charge in [0.15, 0.2) is 11.6 Å². The Hall–Kier alpha value is -3.35. The summed E-state index contributed by atoms with van der Waals surface area (Å²) in [7, 11) is 0. The highest BCUT2D eigenvalue weighted by Gasteiger charge is 2.46. The minimum Gasteiger partial charge on any atom is -0.298 e. The normalized spacial score (nSPS) is 18.5. The van der Waals surface area contributed by atoms with Crippen molar-refractivity contribution < 1.29 is 13.2 Å². The average molecular weight is 479 g/mol. The lowest BCUT2D eigenvalue weighted by atomic mass is 9.74. The zero-order valence-corrected chi connectivity index (χ0v) is 20.2. The van der Waals surface area contributed by atoms with Gasteiger partial charge < -0.3 is 0 Å². The molecule has 182 valence electrons. The fraction of sp³-hybridized carbons (Fsp3) is 0.357. The fourth-order valence-corrected chi connectivity index (χ4v) is 5.51. The van der Waals surface area contributed by atoms with Crippen LogP contribution in [0.15, 0.2) is 72.4 Å². The van der Waals surface area contributed by atoms with Crippen molar-refractivity contribution in [2.75, 3.05) is 9.80 Å². The number of hydrogen-bond acceptors (Lipinski definition) is 4. The van der Waals surface area contributed by atoms with Crippen molar-refractivity contribution in [3.05, 3.63) is 83.7 Å². The van der Waals surface area contributed by atoms with E-state index in [0.717, 1.165) is 29.8 Å². The topological polar surface area (TPSA) is 32.3 Å². The lowest BCUT2D eigenvalue weighted by Gasteiger charge is -2.33. The first-order valence-electron chi connectivity index (χ1n) is 12.1. The Labute approximate surface area is 204 Å². The fourth-order valence-electron chi connectivity index (χ4n) is 5.51. The first-order valence-corrected chi connectivity index (χ1v) is 12.1. The average Bonchev–Trinajstić information content (AvgIpc) is 3.15. The maximum atomic E-state index is 13.0. The molecule has 0 saturated heterocycles. The predicted octanol–water partition coefficient (Wildman–Crippen LogP) is 7.61. The summed E-state index contributed by atoms with van der Waals surface area (Å²) >= 11 is 0. The molecule has 0 amide bonds. The van der Waals surface area contributed by atoms with E-state index in [1.807, 2.05) is 36.4 Å². The van der Waals surface area contributed by atoms with Gasteiger partial charge in [-0.05, 0) is 55.5 Å². The molecule has 0 spiro atoms. The number of alkyl halides is 3. The van der Waals surface area contributed by atoms with Crippen LogP contribution in [0.25, 0.3) is 0 Å². The van der Waals surface area contributed by atoms with E-state index in [2.05, 4.69) is 59.8 Å². The van der Waals surface area contributed by atoms with Gasteiger partial charge in [-0.25, -0.2) is 9.97 Å². The minimum absolute atomic E-state index is 0.144. The lowest BCUT2D eigenvalue weighted by molar-refractivity contribution is -0.134. The van der Waals surface area contributed by atoms with Gasteiger partial charge in [-0.3, -0.25) is 9.80 Å². The molecule has 5 rings (SSSR count). The molecule has 7 heteroatoms. The van der Waals surface area contributed by atoms with E-state index in [0.29, 0.717) is 17.3 Å². The molecular formula is C28H29F3N4. The van der Waals surface area contributed by atoms with Gasteiger partial charge in [-0.1, -0.05) is 56.3 Å². The van der Waals surface area contributed by atoms with E-state index in [1.165, 1.54) is 11.8 Å². The van der Waals surface area contributed by atoms with E-state index < -0.39 is 12.6 Å². The van der Waals surface area contributed by atoms with Crippen molar-refractivity contribution in [2.45, 2.75) is 64.2 Å². The van der Waals surface area contributed by atoms with Crippen LogP contribution >= 0.6 is 0 Å². The zero-order chi connectivity index (χ0) is 24.8. The van der Waals surface area contributed by atoms with Crippen molar-refractivity contribution in [3.8, 4) is 0 Å². The second kappa shape index (κ2) is 8.70. The summed E-state index contributed by atoms with van der Waals surface area (Å²) < 4.78 is 38.9. The third kappa shape index (κ3) is 3.97. The van der Waals surface area contributed by atoms with Gasteiger partial charge in [0.25, 0.3) is 0 Å². The predicted molar refractivity (Wildman–Crippen MR) is 133 cm³/mol. The molecule has 1 aromatic heterocycles. The molecular weight excluding hydrogens is 449 g/mol. The number of hydrogen-bond donors (Lipinski definition) is 0. The van der Waals surface area contributed by atoms with E-state index in [9.17, 15) is 13.2 Å². The second-order valence-electron chi connectivity index (χ2n) is 9.34. The number of para-hydroxylation sites is 2. The van der Waals surface area contributed by atoms with Gasteiger partial charge in [-0.2, -0.15) is 13.2 Å². The summed E-state index contributed by atoms with van der Waals surface area (Å²) in [6.07, 6.45) is 0.168. The number of aromatic nitrogens is 2. The molecule has 0 bridgehead atoms. The van der Waals surface area contributed by atoms with Crippen LogP contribution in [0.5, 0.6) is 0 Å². The van der Waals surface area contributed by atoms with Gasteiger partial charge >= 0.3 is 6.18 Å². The maximum absolute atomic E-state index is 13.0. The van der Waals surface area contributed by atoms with E-state index >= 15 is 0 Å². The van der Waals surface area contributed by atoms with Crippen LogP contribution in [0.4, 0.5) is 36.2 Å². The first kappa shape index (κ1) is 23.4. The van der Waals surface area contributed by atoms with Gasteiger partial charge in [-0.15, -0.1) is 0 Å². The Balaban J connectivity index is 1.74. The molecule has 2 aliphatic heterocycles. The summed E-state index contributed by atoms with van der Waals surface area (Å²) in [6.45, 7) is 6.55. The second-order valence-corrected chi connectivity index (χ2v) is 9.34. The van der Waals surface area contributed by atoms with Gasteiger partial charge in [0.05, 0.1) is 11.9 Å². The molecule has 2 aliphatic rings. The molecule has 3 heterocycles. The summed E-state index contributed by atoms with van der Waals surface area (Å²) in [4.78, 5) is 13.8. The Kier molecular flexibility index (Phi) is 5.82. The van der Waals surface area contributed by atoms with Crippen LogP contribution in [0.1, 0.15) is 51.3 Å². The SMILES string of the molecule is CCC1(CC)C=C(C)C2N(c3ccccc3)c3ncc(CCC(F)(F)F)nc3N2c2ccccc21. The molecule has 0 saturated carbocycles. The molecule has 0 radical (unpaired) electrons. The van der Waals surface area contributed by atoms with Gasteiger partial charge in [0, 0.05) is 23.2 Å². The van der Waals surface area contributed by atoms with Crippen LogP contribution in [0, 0.1) is 0 Å². The van der Waals surface area contributed by atoms with Crippen LogP contribution in [-0.4, -0.2) is 22.3 Å². The molecule has 0 fully saturated rings. The van der Waals surface area contributed by atoms with Crippen molar-refractivity contribution in [3.63, 3.8) is 0 Å². The monoisotopic (exact) mass is 478 g/mol. The number of nitrogens with zero attached hydrogens (tertiary/aromatic N) is 4. The molecule has 3 aromatic rings. The summed E-state index contributed by atoms with van der Waals surface area (Å²) in [5, 5.41) is 0. The number of allylic oxidation sites excluding steroid dienone is 1. The Morgan fingerprint density at radius 1 is 0.914 bits per heavy atom. The highest BCUT2D eigenvalue weighted by atomic mass is 19.4. The van der Waals surface area contributed by atoms with E-state index in [1.54, 1.807) is 0 Å². The standard InChI is InChI=1S/C28H29F3N4/c1-4-27(5-2)17-19(3)26-34(21-11-7-6-8-12-21)24-25(35(26)23-14-10-9-13-22(23)27)33-20(18-32-24)15-16-28(29,30)31/h6-14,17-18,26H,4-5,15-16H2,1-3H3. The van der Waals surface area contributed by atoms with Crippen LogP contribution < -0.4 is 9.80 Å². The van der Waals surface area contributed by atoms with Gasteiger partial charge in [0.1, 0.15) is 6.17 Å². The number of fused-ring (bicyclic) bond motifs is 5. The molecule has 1 atom stereocenters. The first-order chi connectivity index (χ1) is 16.8. The highest BCUT2D eigenvalue weighted by Crippen LogP contribution is 2.53. The number of aryl methyl sites for hydroxylation is 1. The van der Waals surface area contributed by atoms with E-state index in [4.69, 9.17) is 4.98 Å². The zero-order valence-electron chi connectivity index (χ0n) is 20.2. The quantitative estimate of drug-likeness (QED) is 0.353. The number of rotatable bonds is 5. The Morgan fingerprint density at radius 3 is 2.29 bits per heavy atom. The maximum Gasteiger partial charge on any atom is 0.389 e. The largest absolute Gasteiger partial charge is 0.389 e. The third-order valence-electron chi connectivity index (χ3n) is 7.30. The summed E-state index contributed by atoms with van der Waals surface area (Å²) in [5.41, 5.74) is 4.55. The number of halogens is 3. The molecule has 0 aliphatic carbocycles. The van der Waals surface area contributed by atoms with Crippen LogP contribution in [-0.2, 0) is 11.8 Å². The highest BCUT2D eigenvalue weighted by molar-refractivity contribution is 5.87.